The topological polar surface area (TPSA) is 70.9 Å². The van der Waals surface area contributed by atoms with E-state index >= 15 is 0 Å². The minimum atomic E-state index is -0.376. The number of fused-ring (bicyclic) bond motifs is 1. The Kier molecular flexibility index (Phi) is 5.86. The first-order valence-electron chi connectivity index (χ1n) is 8.76. The third kappa shape index (κ3) is 4.10. The number of nitriles is 1. The second-order valence-corrected chi connectivity index (χ2v) is 6.69. The minimum Gasteiger partial charge on any atom is -0.493 e. The first kappa shape index (κ1) is 19.7. The van der Waals surface area contributed by atoms with E-state index < -0.39 is 0 Å². The van der Waals surface area contributed by atoms with Gasteiger partial charge in [0.1, 0.15) is 17.7 Å². The summed E-state index contributed by atoms with van der Waals surface area (Å²) in [6, 6.07) is 9.76. The van der Waals surface area contributed by atoms with E-state index in [1.54, 1.807) is 24.3 Å². The normalized spacial score (nSPS) is 12.6. The molecule has 3 rings (SSSR count). The molecule has 0 aliphatic carbocycles. The van der Waals surface area contributed by atoms with E-state index in [-0.39, 0.29) is 17.5 Å². The number of aromatic amines is 1. The lowest BCUT2D eigenvalue weighted by Crippen LogP contribution is -2.11. The number of hydrogen-bond donors (Lipinski definition) is 1. The van der Waals surface area contributed by atoms with Crippen molar-refractivity contribution in [2.45, 2.75) is 26.4 Å². The molecule has 3 aromatic rings. The average molecular weight is 400 g/mol. The fourth-order valence-corrected chi connectivity index (χ4v) is 2.92. The summed E-state index contributed by atoms with van der Waals surface area (Å²) in [4.78, 5) is 7.32. The highest BCUT2D eigenvalue weighted by molar-refractivity contribution is 6.32. The molecule has 144 valence electrons. The molecule has 0 spiro atoms. The van der Waals surface area contributed by atoms with Crippen LogP contribution in [0.15, 0.2) is 30.3 Å². The Morgan fingerprint density at radius 1 is 1.39 bits per heavy atom. The van der Waals surface area contributed by atoms with E-state index in [1.807, 2.05) is 13.8 Å². The highest BCUT2D eigenvalue weighted by Crippen LogP contribution is 2.38. The molecule has 2 aromatic carbocycles. The summed E-state index contributed by atoms with van der Waals surface area (Å²) in [6.07, 6.45) is 2.44. The number of rotatable bonds is 6. The number of nitrogens with zero attached hydrogens (tertiary/aromatic N) is 2. The molecule has 1 heterocycles. The van der Waals surface area contributed by atoms with Gasteiger partial charge in [0.2, 0.25) is 0 Å². The van der Waals surface area contributed by atoms with Gasteiger partial charge in [0.05, 0.1) is 34.8 Å². The number of imidazole rings is 1. The van der Waals surface area contributed by atoms with Gasteiger partial charge in [-0.15, -0.1) is 0 Å². The Labute approximate surface area is 167 Å². The SMILES string of the molecule is CC[C@@H](C)Oc1c(Cl)cc(/C=C(/C#N)c2nc3ccc(F)cc3[nH]2)cc1OC. The number of allylic oxidation sites excluding steroid dienone is 1. The van der Waals surface area contributed by atoms with Crippen LogP contribution in [0.4, 0.5) is 4.39 Å². The predicted molar refractivity (Wildman–Crippen MR) is 108 cm³/mol. The lowest BCUT2D eigenvalue weighted by atomic mass is 10.1. The number of aromatic nitrogens is 2. The molecule has 0 aliphatic heterocycles. The maximum absolute atomic E-state index is 13.4. The summed E-state index contributed by atoms with van der Waals surface area (Å²) in [5.41, 5.74) is 2.03. The molecule has 0 unspecified atom stereocenters. The van der Waals surface area contributed by atoms with Crippen molar-refractivity contribution >= 4 is 34.3 Å². The first-order valence-corrected chi connectivity index (χ1v) is 9.14. The van der Waals surface area contributed by atoms with Crippen LogP contribution in [0.3, 0.4) is 0 Å². The van der Waals surface area contributed by atoms with E-state index in [2.05, 4.69) is 16.0 Å². The van der Waals surface area contributed by atoms with Crippen molar-refractivity contribution in [1.29, 1.82) is 5.26 Å². The van der Waals surface area contributed by atoms with Crippen LogP contribution >= 0.6 is 11.6 Å². The second-order valence-electron chi connectivity index (χ2n) is 6.29. The molecule has 1 atom stereocenters. The molecule has 0 saturated carbocycles. The first-order chi connectivity index (χ1) is 13.4. The van der Waals surface area contributed by atoms with Crippen LogP contribution in [-0.2, 0) is 0 Å². The van der Waals surface area contributed by atoms with Crippen LogP contribution in [0.1, 0.15) is 31.7 Å². The van der Waals surface area contributed by atoms with E-state index in [0.717, 1.165) is 6.42 Å². The van der Waals surface area contributed by atoms with Crippen LogP contribution < -0.4 is 9.47 Å². The van der Waals surface area contributed by atoms with E-state index in [0.29, 0.717) is 38.9 Å². The Hall–Kier alpha value is -3.04. The minimum absolute atomic E-state index is 0.0154. The van der Waals surface area contributed by atoms with Crippen molar-refractivity contribution in [3.05, 3.63) is 52.6 Å². The number of benzene rings is 2. The molecule has 0 amide bonds. The van der Waals surface area contributed by atoms with Gasteiger partial charge in [0.15, 0.2) is 11.5 Å². The van der Waals surface area contributed by atoms with Gasteiger partial charge in [0.25, 0.3) is 0 Å². The summed E-state index contributed by atoms with van der Waals surface area (Å²) in [6.45, 7) is 3.96. The van der Waals surface area contributed by atoms with Crippen molar-refractivity contribution in [2.24, 2.45) is 0 Å². The van der Waals surface area contributed by atoms with E-state index in [9.17, 15) is 9.65 Å². The van der Waals surface area contributed by atoms with Gasteiger partial charge in [-0.1, -0.05) is 18.5 Å². The number of halogens is 2. The molecule has 0 bridgehead atoms. The van der Waals surface area contributed by atoms with Gasteiger partial charge in [-0.3, -0.25) is 0 Å². The molecule has 1 aromatic heterocycles. The van der Waals surface area contributed by atoms with Gasteiger partial charge in [0, 0.05) is 0 Å². The number of nitrogens with one attached hydrogen (secondary N) is 1. The zero-order valence-corrected chi connectivity index (χ0v) is 16.5. The molecule has 7 heteroatoms. The summed E-state index contributed by atoms with van der Waals surface area (Å²) in [5, 5.41) is 9.96. The summed E-state index contributed by atoms with van der Waals surface area (Å²) in [5.74, 6) is 0.910. The third-order valence-corrected chi connectivity index (χ3v) is 4.56. The van der Waals surface area contributed by atoms with Crippen LogP contribution in [0.25, 0.3) is 22.7 Å². The quantitative estimate of drug-likeness (QED) is 0.547. The lowest BCUT2D eigenvalue weighted by Gasteiger charge is -2.17. The monoisotopic (exact) mass is 399 g/mol. The Balaban J connectivity index is 2.02. The third-order valence-electron chi connectivity index (χ3n) is 4.28. The van der Waals surface area contributed by atoms with Crippen LogP contribution in [0.5, 0.6) is 11.5 Å². The smallest absolute Gasteiger partial charge is 0.180 e. The predicted octanol–water partition coefficient (Wildman–Crippen LogP) is 5.61. The fraction of sp³-hybridized carbons (Fsp3) is 0.238. The zero-order valence-electron chi connectivity index (χ0n) is 15.7. The van der Waals surface area contributed by atoms with Crippen molar-refractivity contribution in [2.75, 3.05) is 7.11 Å². The van der Waals surface area contributed by atoms with Gasteiger partial charge in [-0.25, -0.2) is 9.37 Å². The largest absolute Gasteiger partial charge is 0.493 e. The molecule has 0 fully saturated rings. The number of ether oxygens (including phenoxy) is 2. The molecule has 0 saturated heterocycles. The number of H-pyrrole nitrogens is 1. The van der Waals surface area contributed by atoms with Crippen molar-refractivity contribution in [1.82, 2.24) is 9.97 Å². The lowest BCUT2D eigenvalue weighted by molar-refractivity contribution is 0.208. The summed E-state index contributed by atoms with van der Waals surface area (Å²) >= 11 is 6.39. The van der Waals surface area contributed by atoms with Crippen molar-refractivity contribution in [3.63, 3.8) is 0 Å². The molecule has 28 heavy (non-hydrogen) atoms. The van der Waals surface area contributed by atoms with Crippen LogP contribution in [0, 0.1) is 17.1 Å². The maximum atomic E-state index is 13.4. The van der Waals surface area contributed by atoms with Gasteiger partial charge in [-0.05, 0) is 55.3 Å². The Bertz CT molecular complexity index is 1090. The second kappa shape index (κ2) is 8.32. The highest BCUT2D eigenvalue weighted by atomic mass is 35.5. The molecule has 0 radical (unpaired) electrons. The number of hydrogen-bond acceptors (Lipinski definition) is 4. The molecular formula is C21H19ClFN3O2. The molecule has 1 N–H and O–H groups in total. The van der Waals surface area contributed by atoms with E-state index in [4.69, 9.17) is 21.1 Å². The van der Waals surface area contributed by atoms with Gasteiger partial charge in [-0.2, -0.15) is 5.26 Å². The van der Waals surface area contributed by atoms with Gasteiger partial charge < -0.3 is 14.5 Å². The summed E-state index contributed by atoms with van der Waals surface area (Å²) < 4.78 is 24.6. The Morgan fingerprint density at radius 3 is 2.86 bits per heavy atom. The Morgan fingerprint density at radius 2 is 2.18 bits per heavy atom. The average Bonchev–Trinajstić information content (AvgIpc) is 3.10. The standard InChI is InChI=1S/C21H19ClFN3O2/c1-4-12(2)28-20-16(22)8-13(9-19(20)27-3)7-14(11-24)21-25-17-6-5-15(23)10-18(17)26-21/h5-10,12H,4H2,1-3H3,(H,25,26)/b14-7-/t12-/m1/s1. The van der Waals surface area contributed by atoms with E-state index in [1.165, 1.54) is 19.2 Å². The van der Waals surface area contributed by atoms with Crippen molar-refractivity contribution < 1.29 is 13.9 Å². The number of methoxy groups -OCH3 is 1. The summed E-state index contributed by atoms with van der Waals surface area (Å²) in [7, 11) is 1.53. The zero-order chi connectivity index (χ0) is 20.3. The van der Waals surface area contributed by atoms with Crippen LogP contribution in [-0.4, -0.2) is 23.2 Å². The maximum Gasteiger partial charge on any atom is 0.180 e. The molecular weight excluding hydrogens is 381 g/mol. The molecule has 5 nitrogen and oxygen atoms in total. The molecule has 0 aliphatic rings. The van der Waals surface area contributed by atoms with Crippen molar-refractivity contribution in [3.8, 4) is 17.6 Å². The van der Waals surface area contributed by atoms with Gasteiger partial charge >= 0.3 is 0 Å². The van der Waals surface area contributed by atoms with Crippen LogP contribution in [0.2, 0.25) is 5.02 Å². The highest BCUT2D eigenvalue weighted by Gasteiger charge is 2.15. The fourth-order valence-electron chi connectivity index (χ4n) is 2.65.